The average Bonchev–Trinajstić information content (AvgIpc) is 2.80. The first-order valence-electron chi connectivity index (χ1n) is 6.04. The Kier molecular flexibility index (Phi) is 5.19. The largest absolute Gasteiger partial charge is 0.494 e. The third-order valence-corrected chi connectivity index (χ3v) is 4.32. The van der Waals surface area contributed by atoms with E-state index in [2.05, 4.69) is 9.55 Å². The molecule has 5 nitrogen and oxygen atoms in total. The molecular weight excluding hydrogens is 296 g/mol. The Morgan fingerprint density at radius 1 is 1.50 bits per heavy atom. The van der Waals surface area contributed by atoms with Crippen LogP contribution in [-0.2, 0) is 11.3 Å². The lowest BCUT2D eigenvalue weighted by molar-refractivity contribution is -0.133. The first-order valence-corrected chi connectivity index (χ1v) is 8.42. The molecule has 1 aromatic heterocycles. The number of hydrogen-bond acceptors (Lipinski definition) is 5. The summed E-state index contributed by atoms with van der Waals surface area (Å²) in [5.74, 6) is 0.821. The minimum atomic E-state index is -0.842. The highest BCUT2D eigenvalue weighted by molar-refractivity contribution is 7.99. The molecule has 0 saturated heterocycles. The van der Waals surface area contributed by atoms with E-state index in [0.717, 1.165) is 28.5 Å². The summed E-state index contributed by atoms with van der Waals surface area (Å²) in [4.78, 5) is 15.3. The molecule has 7 heteroatoms. The second-order valence-corrected chi connectivity index (χ2v) is 5.98. The van der Waals surface area contributed by atoms with Gasteiger partial charge in [-0.3, -0.25) is 4.79 Å². The number of aryl methyl sites for hydroxylation is 1. The summed E-state index contributed by atoms with van der Waals surface area (Å²) in [5, 5.41) is 9.55. The second kappa shape index (κ2) is 6.90. The quantitative estimate of drug-likeness (QED) is 0.793. The maximum absolute atomic E-state index is 10.7. The molecule has 0 spiro atoms. The Morgan fingerprint density at radius 2 is 2.30 bits per heavy atom. The molecule has 2 aromatic rings. The van der Waals surface area contributed by atoms with Gasteiger partial charge in [0, 0.05) is 12.3 Å². The lowest BCUT2D eigenvalue weighted by Gasteiger charge is -2.07. The number of para-hydroxylation sites is 1. The van der Waals surface area contributed by atoms with Gasteiger partial charge in [-0.1, -0.05) is 17.8 Å². The molecule has 2 rings (SSSR count). The predicted octanol–water partition coefficient (Wildman–Crippen LogP) is 2.58. The standard InChI is InChI=1S/C13H16N2O3S2/c1-18-10-5-3-4-9-12(10)14-13(20-8-11(16)17)15(9)6-7-19-2/h3-5H,6-8H2,1-2H3,(H,16,17). The van der Waals surface area contributed by atoms with Crippen LogP contribution in [0.3, 0.4) is 0 Å². The van der Waals surface area contributed by atoms with Crippen molar-refractivity contribution in [1.29, 1.82) is 0 Å². The fourth-order valence-corrected chi connectivity index (χ4v) is 3.02. The van der Waals surface area contributed by atoms with Crippen molar-refractivity contribution < 1.29 is 14.6 Å². The molecule has 0 aliphatic rings. The number of benzene rings is 1. The Balaban J connectivity index is 2.44. The number of carbonyl (C=O) groups is 1. The highest BCUT2D eigenvalue weighted by atomic mass is 32.2. The molecule has 0 bridgehead atoms. The molecule has 20 heavy (non-hydrogen) atoms. The van der Waals surface area contributed by atoms with Gasteiger partial charge in [0.05, 0.1) is 18.4 Å². The first-order chi connectivity index (χ1) is 9.67. The SMILES string of the molecule is COc1cccc2c1nc(SCC(=O)O)n2CCSC. The normalized spacial score (nSPS) is 10.9. The zero-order chi connectivity index (χ0) is 14.5. The number of imidazole rings is 1. The summed E-state index contributed by atoms with van der Waals surface area (Å²) < 4.78 is 7.38. The minimum Gasteiger partial charge on any atom is -0.494 e. The fraction of sp³-hybridized carbons (Fsp3) is 0.385. The van der Waals surface area contributed by atoms with Gasteiger partial charge in [-0.2, -0.15) is 11.8 Å². The lowest BCUT2D eigenvalue weighted by Crippen LogP contribution is -2.04. The van der Waals surface area contributed by atoms with Gasteiger partial charge in [0.2, 0.25) is 0 Å². The van der Waals surface area contributed by atoms with Crippen molar-refractivity contribution in [2.75, 3.05) is 24.9 Å². The summed E-state index contributed by atoms with van der Waals surface area (Å²) in [6.07, 6.45) is 2.05. The van der Waals surface area contributed by atoms with Crippen LogP contribution in [-0.4, -0.2) is 45.5 Å². The number of ether oxygens (including phenoxy) is 1. The third kappa shape index (κ3) is 3.21. The number of rotatable bonds is 7. The summed E-state index contributed by atoms with van der Waals surface area (Å²) in [6.45, 7) is 0.798. The maximum Gasteiger partial charge on any atom is 0.313 e. The molecule has 1 N–H and O–H groups in total. The van der Waals surface area contributed by atoms with E-state index in [1.807, 2.05) is 24.5 Å². The van der Waals surface area contributed by atoms with Gasteiger partial charge < -0.3 is 14.4 Å². The van der Waals surface area contributed by atoms with Crippen LogP contribution in [0.25, 0.3) is 11.0 Å². The van der Waals surface area contributed by atoms with Crippen LogP contribution in [0.4, 0.5) is 0 Å². The van der Waals surface area contributed by atoms with Crippen LogP contribution in [0.5, 0.6) is 5.75 Å². The van der Waals surface area contributed by atoms with Gasteiger partial charge in [0.1, 0.15) is 11.3 Å². The lowest BCUT2D eigenvalue weighted by atomic mass is 10.3. The molecule has 1 heterocycles. The smallest absolute Gasteiger partial charge is 0.313 e. The van der Waals surface area contributed by atoms with Crippen LogP contribution in [0.15, 0.2) is 23.4 Å². The van der Waals surface area contributed by atoms with Gasteiger partial charge in [0.15, 0.2) is 5.16 Å². The summed E-state index contributed by atoms with van der Waals surface area (Å²) >= 11 is 2.98. The topological polar surface area (TPSA) is 64.3 Å². The molecule has 0 atom stereocenters. The van der Waals surface area contributed by atoms with Gasteiger partial charge in [-0.15, -0.1) is 0 Å². The van der Waals surface area contributed by atoms with Crippen molar-refractivity contribution in [3.05, 3.63) is 18.2 Å². The second-order valence-electron chi connectivity index (χ2n) is 4.05. The zero-order valence-corrected chi connectivity index (χ0v) is 13.0. The van der Waals surface area contributed by atoms with Crippen molar-refractivity contribution in [3.63, 3.8) is 0 Å². The molecule has 0 amide bonds. The summed E-state index contributed by atoms with van der Waals surface area (Å²) in [7, 11) is 1.61. The Hall–Kier alpha value is -1.34. The number of aliphatic carboxylic acids is 1. The molecule has 0 saturated carbocycles. The molecule has 0 aliphatic heterocycles. The molecule has 1 aromatic carbocycles. The van der Waals surface area contributed by atoms with E-state index in [9.17, 15) is 4.79 Å². The predicted molar refractivity (Wildman–Crippen MR) is 83.0 cm³/mol. The van der Waals surface area contributed by atoms with Crippen molar-refractivity contribution in [2.45, 2.75) is 11.7 Å². The van der Waals surface area contributed by atoms with Crippen molar-refractivity contribution in [3.8, 4) is 5.75 Å². The van der Waals surface area contributed by atoms with E-state index in [4.69, 9.17) is 9.84 Å². The van der Waals surface area contributed by atoms with Crippen molar-refractivity contribution >= 4 is 40.5 Å². The zero-order valence-electron chi connectivity index (χ0n) is 11.3. The number of fused-ring (bicyclic) bond motifs is 1. The summed E-state index contributed by atoms with van der Waals surface area (Å²) in [6, 6.07) is 5.76. The number of carboxylic acids is 1. The third-order valence-electron chi connectivity index (χ3n) is 2.77. The first kappa shape index (κ1) is 15.1. The molecule has 108 valence electrons. The number of aromatic nitrogens is 2. The molecule has 0 aliphatic carbocycles. The Bertz CT molecular complexity index is 613. The van der Waals surface area contributed by atoms with Gasteiger partial charge in [-0.25, -0.2) is 4.98 Å². The van der Waals surface area contributed by atoms with Crippen LogP contribution < -0.4 is 4.74 Å². The van der Waals surface area contributed by atoms with E-state index in [-0.39, 0.29) is 5.75 Å². The van der Waals surface area contributed by atoms with Gasteiger partial charge in [-0.05, 0) is 18.4 Å². The van der Waals surface area contributed by atoms with Crippen molar-refractivity contribution in [1.82, 2.24) is 9.55 Å². The highest BCUT2D eigenvalue weighted by Gasteiger charge is 2.15. The highest BCUT2D eigenvalue weighted by Crippen LogP contribution is 2.30. The van der Waals surface area contributed by atoms with E-state index >= 15 is 0 Å². The van der Waals surface area contributed by atoms with Gasteiger partial charge >= 0.3 is 5.97 Å². The minimum absolute atomic E-state index is 0.00487. The van der Waals surface area contributed by atoms with Gasteiger partial charge in [0.25, 0.3) is 0 Å². The number of methoxy groups -OCH3 is 1. The van der Waals surface area contributed by atoms with E-state index in [1.165, 1.54) is 11.8 Å². The Morgan fingerprint density at radius 3 is 2.95 bits per heavy atom. The number of hydrogen-bond donors (Lipinski definition) is 1. The Labute approximate surface area is 125 Å². The van der Waals surface area contributed by atoms with E-state index in [1.54, 1.807) is 18.9 Å². The molecule has 0 fully saturated rings. The monoisotopic (exact) mass is 312 g/mol. The van der Waals surface area contributed by atoms with Crippen LogP contribution >= 0.6 is 23.5 Å². The molecule has 0 unspecified atom stereocenters. The van der Waals surface area contributed by atoms with Crippen molar-refractivity contribution in [2.24, 2.45) is 0 Å². The molecule has 0 radical (unpaired) electrons. The van der Waals surface area contributed by atoms with E-state index in [0.29, 0.717) is 5.75 Å². The van der Waals surface area contributed by atoms with Crippen LogP contribution in [0.2, 0.25) is 0 Å². The van der Waals surface area contributed by atoms with Crippen LogP contribution in [0.1, 0.15) is 0 Å². The number of nitrogens with zero attached hydrogens (tertiary/aromatic N) is 2. The van der Waals surface area contributed by atoms with Crippen LogP contribution in [0, 0.1) is 0 Å². The molecular formula is C13H16N2O3S2. The maximum atomic E-state index is 10.7. The summed E-state index contributed by atoms with van der Waals surface area (Å²) in [5.41, 5.74) is 1.76. The fourth-order valence-electron chi connectivity index (χ4n) is 1.90. The number of thioether (sulfide) groups is 2. The number of carboxylic acid groups (broad SMARTS) is 1. The van der Waals surface area contributed by atoms with E-state index < -0.39 is 5.97 Å². The average molecular weight is 312 g/mol.